The van der Waals surface area contributed by atoms with E-state index in [0.717, 1.165) is 11.3 Å². The van der Waals surface area contributed by atoms with Crippen LogP contribution < -0.4 is 16.0 Å². The second-order valence-corrected chi connectivity index (χ2v) is 5.65. The SMILES string of the molecule is Cc1ccc(NC(=O)Nc2ccc(C(=O)NC(C)C)cc2)cc1. The molecule has 2 aromatic carbocycles. The van der Waals surface area contributed by atoms with Gasteiger partial charge in [-0.3, -0.25) is 4.79 Å². The van der Waals surface area contributed by atoms with Crippen LogP contribution in [0.4, 0.5) is 16.2 Å². The lowest BCUT2D eigenvalue weighted by atomic mass is 10.2. The van der Waals surface area contributed by atoms with Crippen molar-refractivity contribution < 1.29 is 9.59 Å². The van der Waals surface area contributed by atoms with E-state index >= 15 is 0 Å². The number of carbonyl (C=O) groups is 2. The Morgan fingerprint density at radius 1 is 0.826 bits per heavy atom. The molecule has 0 atom stereocenters. The van der Waals surface area contributed by atoms with Crippen LogP contribution in [0.5, 0.6) is 0 Å². The maximum absolute atomic E-state index is 11.9. The lowest BCUT2D eigenvalue weighted by Gasteiger charge is -2.10. The number of amides is 3. The fourth-order valence-electron chi connectivity index (χ4n) is 1.98. The summed E-state index contributed by atoms with van der Waals surface area (Å²) in [7, 11) is 0. The van der Waals surface area contributed by atoms with E-state index in [2.05, 4.69) is 16.0 Å². The highest BCUT2D eigenvalue weighted by Gasteiger charge is 2.07. The van der Waals surface area contributed by atoms with Crippen molar-refractivity contribution in [3.8, 4) is 0 Å². The molecule has 120 valence electrons. The molecule has 0 saturated heterocycles. The Labute approximate surface area is 136 Å². The topological polar surface area (TPSA) is 70.2 Å². The van der Waals surface area contributed by atoms with E-state index in [-0.39, 0.29) is 18.0 Å². The van der Waals surface area contributed by atoms with Crippen LogP contribution in [0.15, 0.2) is 48.5 Å². The summed E-state index contributed by atoms with van der Waals surface area (Å²) < 4.78 is 0. The molecule has 0 radical (unpaired) electrons. The molecule has 0 aliphatic rings. The fourth-order valence-corrected chi connectivity index (χ4v) is 1.98. The predicted octanol–water partition coefficient (Wildman–Crippen LogP) is 3.78. The summed E-state index contributed by atoms with van der Waals surface area (Å²) in [5.74, 6) is -0.129. The van der Waals surface area contributed by atoms with Crippen LogP contribution >= 0.6 is 0 Å². The van der Waals surface area contributed by atoms with Gasteiger partial charge in [0, 0.05) is 23.0 Å². The maximum Gasteiger partial charge on any atom is 0.323 e. The van der Waals surface area contributed by atoms with Crippen LogP contribution in [-0.4, -0.2) is 18.0 Å². The molecule has 0 unspecified atom stereocenters. The lowest BCUT2D eigenvalue weighted by molar-refractivity contribution is 0.0943. The third kappa shape index (κ3) is 5.14. The van der Waals surface area contributed by atoms with Gasteiger partial charge in [0.2, 0.25) is 0 Å². The molecule has 0 fully saturated rings. The Morgan fingerprint density at radius 3 is 1.78 bits per heavy atom. The normalized spacial score (nSPS) is 10.3. The van der Waals surface area contributed by atoms with Gasteiger partial charge in [-0.15, -0.1) is 0 Å². The van der Waals surface area contributed by atoms with Crippen LogP contribution in [0.1, 0.15) is 29.8 Å². The van der Waals surface area contributed by atoms with E-state index in [0.29, 0.717) is 11.3 Å². The van der Waals surface area contributed by atoms with Crippen molar-refractivity contribution in [3.63, 3.8) is 0 Å². The van der Waals surface area contributed by atoms with E-state index in [9.17, 15) is 9.59 Å². The molecule has 2 rings (SSSR count). The van der Waals surface area contributed by atoms with Gasteiger partial charge in [0.15, 0.2) is 0 Å². The number of nitrogens with one attached hydrogen (secondary N) is 3. The first-order valence-corrected chi connectivity index (χ1v) is 7.49. The second kappa shape index (κ2) is 7.45. The summed E-state index contributed by atoms with van der Waals surface area (Å²) in [6.07, 6.45) is 0. The molecule has 2 aromatic rings. The summed E-state index contributed by atoms with van der Waals surface area (Å²) in [5, 5.41) is 8.30. The minimum atomic E-state index is -0.326. The van der Waals surface area contributed by atoms with Crippen LogP contribution in [0.3, 0.4) is 0 Å². The predicted molar refractivity (Wildman–Crippen MR) is 92.9 cm³/mol. The lowest BCUT2D eigenvalue weighted by Crippen LogP contribution is -2.30. The van der Waals surface area contributed by atoms with Gasteiger partial charge in [0.05, 0.1) is 0 Å². The minimum absolute atomic E-state index is 0.0839. The van der Waals surface area contributed by atoms with Gasteiger partial charge in [0.1, 0.15) is 0 Å². The average molecular weight is 311 g/mol. The highest BCUT2D eigenvalue weighted by Crippen LogP contribution is 2.12. The zero-order valence-corrected chi connectivity index (χ0v) is 13.5. The maximum atomic E-state index is 11.9. The third-order valence-electron chi connectivity index (χ3n) is 3.13. The third-order valence-corrected chi connectivity index (χ3v) is 3.13. The molecule has 0 heterocycles. The highest BCUT2D eigenvalue weighted by atomic mass is 16.2. The number of carbonyl (C=O) groups excluding carboxylic acids is 2. The van der Waals surface area contributed by atoms with Crippen molar-refractivity contribution in [2.75, 3.05) is 10.6 Å². The van der Waals surface area contributed by atoms with E-state index in [1.807, 2.05) is 45.0 Å². The number of aryl methyl sites for hydroxylation is 1. The van der Waals surface area contributed by atoms with Gasteiger partial charge >= 0.3 is 6.03 Å². The van der Waals surface area contributed by atoms with Gasteiger partial charge in [-0.25, -0.2) is 4.79 Å². The zero-order valence-electron chi connectivity index (χ0n) is 13.5. The number of hydrogen-bond donors (Lipinski definition) is 3. The van der Waals surface area contributed by atoms with Crippen LogP contribution in [0.25, 0.3) is 0 Å². The average Bonchev–Trinajstić information content (AvgIpc) is 2.49. The Morgan fingerprint density at radius 2 is 1.30 bits per heavy atom. The number of anilines is 2. The fraction of sp³-hybridized carbons (Fsp3) is 0.222. The monoisotopic (exact) mass is 311 g/mol. The molecule has 3 amide bonds. The molecule has 5 nitrogen and oxygen atoms in total. The molecule has 0 aliphatic carbocycles. The summed E-state index contributed by atoms with van der Waals surface area (Å²) in [5.41, 5.74) is 3.03. The zero-order chi connectivity index (χ0) is 16.8. The van der Waals surface area contributed by atoms with E-state index in [4.69, 9.17) is 0 Å². The smallest absolute Gasteiger partial charge is 0.323 e. The van der Waals surface area contributed by atoms with E-state index in [1.54, 1.807) is 24.3 Å². The number of benzene rings is 2. The quantitative estimate of drug-likeness (QED) is 0.804. The first kappa shape index (κ1) is 16.5. The molecule has 23 heavy (non-hydrogen) atoms. The minimum Gasteiger partial charge on any atom is -0.350 e. The Hall–Kier alpha value is -2.82. The molecule has 5 heteroatoms. The van der Waals surface area contributed by atoms with Crippen molar-refractivity contribution in [3.05, 3.63) is 59.7 Å². The van der Waals surface area contributed by atoms with Crippen LogP contribution in [0, 0.1) is 6.92 Å². The van der Waals surface area contributed by atoms with Crippen LogP contribution in [0.2, 0.25) is 0 Å². The van der Waals surface area contributed by atoms with Gasteiger partial charge in [0.25, 0.3) is 5.91 Å². The van der Waals surface area contributed by atoms with Gasteiger partial charge in [-0.05, 0) is 57.2 Å². The molecule has 0 spiro atoms. The first-order chi connectivity index (χ1) is 10.9. The van der Waals surface area contributed by atoms with Crippen molar-refractivity contribution in [1.29, 1.82) is 0 Å². The molecular formula is C18H21N3O2. The number of rotatable bonds is 4. The standard InChI is InChI=1S/C18H21N3O2/c1-12(2)19-17(22)14-6-10-16(11-7-14)21-18(23)20-15-8-4-13(3)5-9-15/h4-12H,1-3H3,(H,19,22)(H2,20,21,23). The second-order valence-electron chi connectivity index (χ2n) is 5.65. The molecule has 3 N–H and O–H groups in total. The van der Waals surface area contributed by atoms with Crippen molar-refractivity contribution >= 4 is 23.3 Å². The van der Waals surface area contributed by atoms with Crippen molar-refractivity contribution in [2.24, 2.45) is 0 Å². The number of hydrogen-bond acceptors (Lipinski definition) is 2. The Balaban J connectivity index is 1.93. The van der Waals surface area contributed by atoms with E-state index in [1.165, 1.54) is 0 Å². The Bertz CT molecular complexity index is 676. The largest absolute Gasteiger partial charge is 0.350 e. The first-order valence-electron chi connectivity index (χ1n) is 7.49. The molecule has 0 aromatic heterocycles. The Kier molecular flexibility index (Phi) is 5.36. The molecule has 0 aliphatic heterocycles. The van der Waals surface area contributed by atoms with E-state index < -0.39 is 0 Å². The number of urea groups is 1. The van der Waals surface area contributed by atoms with Crippen molar-refractivity contribution in [1.82, 2.24) is 5.32 Å². The van der Waals surface area contributed by atoms with Crippen LogP contribution in [-0.2, 0) is 0 Å². The van der Waals surface area contributed by atoms with Crippen molar-refractivity contribution in [2.45, 2.75) is 26.8 Å². The summed E-state index contributed by atoms with van der Waals surface area (Å²) >= 11 is 0. The highest BCUT2D eigenvalue weighted by molar-refractivity contribution is 6.00. The van der Waals surface area contributed by atoms with Gasteiger partial charge in [-0.1, -0.05) is 17.7 Å². The molecule has 0 saturated carbocycles. The summed E-state index contributed by atoms with van der Waals surface area (Å²) in [6.45, 7) is 5.80. The summed E-state index contributed by atoms with van der Waals surface area (Å²) in [6, 6.07) is 14.1. The van der Waals surface area contributed by atoms with Gasteiger partial charge < -0.3 is 16.0 Å². The van der Waals surface area contributed by atoms with Gasteiger partial charge in [-0.2, -0.15) is 0 Å². The summed E-state index contributed by atoms with van der Waals surface area (Å²) in [4.78, 5) is 23.8. The molecular weight excluding hydrogens is 290 g/mol. The molecule has 0 bridgehead atoms.